The second-order valence-corrected chi connectivity index (χ2v) is 3.48. The molecule has 0 saturated heterocycles. The summed E-state index contributed by atoms with van der Waals surface area (Å²) in [4.78, 5) is 10.9. The standard InChI is InChI=1S/C13H8O3/c14-13-15-8-12(16-13)11-7-3-5-9-4-1-2-6-10(9)11/h1-8H. The SMILES string of the molecule is O=c1occ(-c2cccc3ccccc23)o1. The van der Waals surface area contributed by atoms with Gasteiger partial charge in [0.25, 0.3) is 0 Å². The van der Waals surface area contributed by atoms with Crippen molar-refractivity contribution in [2.75, 3.05) is 0 Å². The molecule has 0 atom stereocenters. The summed E-state index contributed by atoms with van der Waals surface area (Å²) in [6.45, 7) is 0. The van der Waals surface area contributed by atoms with Gasteiger partial charge in [0.05, 0.1) is 0 Å². The van der Waals surface area contributed by atoms with Gasteiger partial charge in [-0.1, -0.05) is 42.5 Å². The first kappa shape index (κ1) is 8.97. The zero-order valence-electron chi connectivity index (χ0n) is 8.34. The van der Waals surface area contributed by atoms with Crippen molar-refractivity contribution < 1.29 is 8.83 Å². The Hall–Kier alpha value is -2.29. The summed E-state index contributed by atoms with van der Waals surface area (Å²) >= 11 is 0. The number of fused-ring (bicyclic) bond motifs is 1. The topological polar surface area (TPSA) is 43.4 Å². The van der Waals surface area contributed by atoms with Crippen LogP contribution in [0.3, 0.4) is 0 Å². The minimum absolute atomic E-state index is 0.460. The molecule has 3 heteroatoms. The van der Waals surface area contributed by atoms with E-state index in [1.54, 1.807) is 0 Å². The molecule has 1 heterocycles. The zero-order valence-corrected chi connectivity index (χ0v) is 8.34. The molecule has 0 aliphatic carbocycles. The van der Waals surface area contributed by atoms with Gasteiger partial charge >= 0.3 is 5.82 Å². The first-order valence-corrected chi connectivity index (χ1v) is 4.91. The lowest BCUT2D eigenvalue weighted by Gasteiger charge is -2.01. The van der Waals surface area contributed by atoms with Crippen LogP contribution in [0.15, 0.2) is 62.4 Å². The highest BCUT2D eigenvalue weighted by Gasteiger charge is 2.07. The molecule has 0 amide bonds. The molecule has 3 rings (SSSR count). The van der Waals surface area contributed by atoms with Crippen LogP contribution in [0.2, 0.25) is 0 Å². The van der Waals surface area contributed by atoms with Crippen LogP contribution in [0.4, 0.5) is 0 Å². The minimum Gasteiger partial charge on any atom is -0.399 e. The number of hydrogen-bond donors (Lipinski definition) is 0. The van der Waals surface area contributed by atoms with E-state index in [9.17, 15) is 4.79 Å². The van der Waals surface area contributed by atoms with Gasteiger partial charge in [-0.05, 0) is 10.8 Å². The zero-order chi connectivity index (χ0) is 11.0. The lowest BCUT2D eigenvalue weighted by molar-refractivity contribution is 0.389. The smallest absolute Gasteiger partial charge is 0.399 e. The fourth-order valence-electron chi connectivity index (χ4n) is 1.80. The fraction of sp³-hybridized carbons (Fsp3) is 0. The van der Waals surface area contributed by atoms with Crippen LogP contribution in [0, 0.1) is 0 Å². The van der Waals surface area contributed by atoms with Gasteiger partial charge in [0.15, 0.2) is 5.76 Å². The van der Waals surface area contributed by atoms with Gasteiger partial charge in [-0.2, -0.15) is 0 Å². The van der Waals surface area contributed by atoms with Crippen LogP contribution in [-0.2, 0) is 0 Å². The predicted octanol–water partition coefficient (Wildman–Crippen LogP) is 3.05. The predicted molar refractivity (Wildman–Crippen MR) is 60.2 cm³/mol. The summed E-state index contributed by atoms with van der Waals surface area (Å²) in [7, 11) is 0. The lowest BCUT2D eigenvalue weighted by atomic mass is 10.0. The second-order valence-electron chi connectivity index (χ2n) is 3.48. The molecule has 0 spiro atoms. The summed E-state index contributed by atoms with van der Waals surface area (Å²) in [5.41, 5.74) is 0.865. The maximum atomic E-state index is 10.9. The van der Waals surface area contributed by atoms with Crippen LogP contribution in [0.25, 0.3) is 22.1 Å². The summed E-state index contributed by atoms with van der Waals surface area (Å²) in [6, 6.07) is 13.7. The Balaban J connectivity index is 2.35. The molecule has 0 bridgehead atoms. The van der Waals surface area contributed by atoms with E-state index in [2.05, 4.69) is 4.42 Å². The third-order valence-corrected chi connectivity index (χ3v) is 2.51. The van der Waals surface area contributed by atoms with E-state index in [0.717, 1.165) is 16.3 Å². The number of benzene rings is 2. The van der Waals surface area contributed by atoms with E-state index in [-0.39, 0.29) is 0 Å². The molecular formula is C13H8O3. The molecule has 3 aromatic rings. The molecule has 3 nitrogen and oxygen atoms in total. The van der Waals surface area contributed by atoms with Crippen molar-refractivity contribution >= 4 is 10.8 Å². The van der Waals surface area contributed by atoms with Crippen molar-refractivity contribution in [1.29, 1.82) is 0 Å². The third-order valence-electron chi connectivity index (χ3n) is 2.51. The van der Waals surface area contributed by atoms with Crippen LogP contribution < -0.4 is 5.82 Å². The second kappa shape index (κ2) is 3.38. The summed E-state index contributed by atoms with van der Waals surface area (Å²) < 4.78 is 9.60. The minimum atomic E-state index is -0.678. The van der Waals surface area contributed by atoms with Crippen molar-refractivity contribution in [3.63, 3.8) is 0 Å². The van der Waals surface area contributed by atoms with Crippen molar-refractivity contribution in [1.82, 2.24) is 0 Å². The Morgan fingerprint density at radius 2 is 1.75 bits per heavy atom. The largest absolute Gasteiger partial charge is 0.519 e. The molecule has 0 N–H and O–H groups in total. The molecule has 0 aliphatic rings. The number of hydrogen-bond acceptors (Lipinski definition) is 3. The summed E-state index contributed by atoms with van der Waals surface area (Å²) in [6.07, 6.45) is 1.34. The first-order valence-electron chi connectivity index (χ1n) is 4.91. The van der Waals surface area contributed by atoms with Gasteiger partial charge in [-0.3, -0.25) is 0 Å². The van der Waals surface area contributed by atoms with Gasteiger partial charge in [-0.15, -0.1) is 0 Å². The molecule has 0 fully saturated rings. The highest BCUT2D eigenvalue weighted by Crippen LogP contribution is 2.27. The van der Waals surface area contributed by atoms with Crippen molar-refractivity contribution in [2.45, 2.75) is 0 Å². The van der Waals surface area contributed by atoms with E-state index < -0.39 is 5.82 Å². The lowest BCUT2D eigenvalue weighted by Crippen LogP contribution is -1.85. The average Bonchev–Trinajstić information content (AvgIpc) is 2.75. The van der Waals surface area contributed by atoms with E-state index in [0.29, 0.717) is 5.76 Å². The Labute approximate surface area is 90.9 Å². The van der Waals surface area contributed by atoms with Gasteiger partial charge in [0, 0.05) is 5.56 Å². The Morgan fingerprint density at radius 1 is 0.938 bits per heavy atom. The molecule has 0 saturated carbocycles. The highest BCUT2D eigenvalue weighted by molar-refractivity contribution is 5.95. The highest BCUT2D eigenvalue weighted by atomic mass is 16.6. The maximum absolute atomic E-state index is 10.9. The molecule has 1 aromatic heterocycles. The summed E-state index contributed by atoms with van der Waals surface area (Å²) in [5.74, 6) is -0.218. The van der Waals surface area contributed by atoms with Gasteiger partial charge < -0.3 is 8.83 Å². The van der Waals surface area contributed by atoms with Crippen LogP contribution in [-0.4, -0.2) is 0 Å². The molecule has 0 aliphatic heterocycles. The maximum Gasteiger partial charge on any atom is 0.519 e. The molecule has 0 radical (unpaired) electrons. The number of rotatable bonds is 1. The Morgan fingerprint density at radius 3 is 2.56 bits per heavy atom. The normalized spacial score (nSPS) is 10.8. The van der Waals surface area contributed by atoms with Gasteiger partial charge in [-0.25, -0.2) is 4.79 Å². The van der Waals surface area contributed by atoms with Crippen LogP contribution in [0.1, 0.15) is 0 Å². The van der Waals surface area contributed by atoms with Crippen molar-refractivity contribution in [2.24, 2.45) is 0 Å². The molecule has 78 valence electrons. The molecule has 2 aromatic carbocycles. The van der Waals surface area contributed by atoms with Crippen LogP contribution in [0.5, 0.6) is 0 Å². The molecule has 0 unspecified atom stereocenters. The fourth-order valence-corrected chi connectivity index (χ4v) is 1.80. The first-order chi connectivity index (χ1) is 7.84. The quantitative estimate of drug-likeness (QED) is 0.622. The Kier molecular flexibility index (Phi) is 1.90. The van der Waals surface area contributed by atoms with Gasteiger partial charge in [0.1, 0.15) is 6.26 Å². The molecular weight excluding hydrogens is 204 g/mol. The Bertz CT molecular complexity index is 686. The van der Waals surface area contributed by atoms with Gasteiger partial charge in [0.2, 0.25) is 0 Å². The average molecular weight is 212 g/mol. The molecule has 16 heavy (non-hydrogen) atoms. The third kappa shape index (κ3) is 1.34. The monoisotopic (exact) mass is 212 g/mol. The van der Waals surface area contributed by atoms with Crippen molar-refractivity contribution in [3.05, 3.63) is 59.3 Å². The van der Waals surface area contributed by atoms with E-state index >= 15 is 0 Å². The van der Waals surface area contributed by atoms with Crippen molar-refractivity contribution in [3.8, 4) is 11.3 Å². The van der Waals surface area contributed by atoms with Crippen LogP contribution >= 0.6 is 0 Å². The van der Waals surface area contributed by atoms with E-state index in [1.807, 2.05) is 42.5 Å². The summed E-state index contributed by atoms with van der Waals surface area (Å²) in [5, 5.41) is 2.14. The van der Waals surface area contributed by atoms with E-state index in [1.165, 1.54) is 6.26 Å². The van der Waals surface area contributed by atoms with E-state index in [4.69, 9.17) is 4.42 Å².